The summed E-state index contributed by atoms with van der Waals surface area (Å²) >= 11 is 0. The average Bonchev–Trinajstić information content (AvgIpc) is 2.34. The maximum absolute atomic E-state index is 12.3. The van der Waals surface area contributed by atoms with E-state index in [-0.39, 0.29) is 19.8 Å². The highest BCUT2D eigenvalue weighted by Gasteiger charge is 2.32. The Balaban J connectivity index is 5.46. The topological polar surface area (TPSA) is 83.4 Å². The highest BCUT2D eigenvalue weighted by Crippen LogP contribution is 2.50. The van der Waals surface area contributed by atoms with Crippen molar-refractivity contribution in [2.75, 3.05) is 19.8 Å². The van der Waals surface area contributed by atoms with Crippen LogP contribution in [0.5, 0.6) is 0 Å². The standard InChI is InChI=1S/C13H24NO6P/c1-7-17-12(15)11(10-14-13(4,5)6)20-21(16,18-8-2)19-9-3/h7-9H2,1-6H3. The number of ether oxygens (including phenoxy) is 1. The van der Waals surface area contributed by atoms with Gasteiger partial charge in [-0.15, -0.1) is 0 Å². The molecule has 0 aliphatic rings. The number of rotatable bonds is 8. The van der Waals surface area contributed by atoms with Crippen LogP contribution in [0, 0.1) is 0 Å². The zero-order valence-electron chi connectivity index (χ0n) is 13.5. The van der Waals surface area contributed by atoms with Crippen molar-refractivity contribution in [1.29, 1.82) is 0 Å². The first kappa shape index (κ1) is 19.9. The van der Waals surface area contributed by atoms with Crippen molar-refractivity contribution in [3.05, 3.63) is 5.76 Å². The van der Waals surface area contributed by atoms with Gasteiger partial charge in [-0.2, -0.15) is 0 Å². The number of aliphatic imine (C=N–C) groups is 1. The molecule has 21 heavy (non-hydrogen) atoms. The summed E-state index contributed by atoms with van der Waals surface area (Å²) in [5, 5.41) is 0. The van der Waals surface area contributed by atoms with Crippen molar-refractivity contribution < 1.29 is 27.7 Å². The first-order valence-electron chi connectivity index (χ1n) is 6.78. The van der Waals surface area contributed by atoms with Crippen LogP contribution >= 0.6 is 7.82 Å². The Bertz CT molecular complexity index is 438. The molecule has 0 atom stereocenters. The SMILES string of the molecule is CCOC(=O)C(=C=NC(C)(C)C)OP(=O)(OCC)OCC. The Kier molecular flexibility index (Phi) is 8.52. The van der Waals surface area contributed by atoms with E-state index in [1.54, 1.807) is 20.8 Å². The zero-order valence-corrected chi connectivity index (χ0v) is 14.4. The van der Waals surface area contributed by atoms with Crippen LogP contribution in [-0.2, 0) is 27.7 Å². The molecule has 0 aromatic carbocycles. The second-order valence-electron chi connectivity index (χ2n) is 4.82. The van der Waals surface area contributed by atoms with Crippen LogP contribution < -0.4 is 0 Å². The number of hydrogen-bond donors (Lipinski definition) is 0. The molecule has 0 heterocycles. The minimum absolute atomic E-state index is 0.101. The fraction of sp³-hybridized carbons (Fsp3) is 0.769. The van der Waals surface area contributed by atoms with Crippen molar-refractivity contribution in [2.24, 2.45) is 4.99 Å². The molecule has 0 aromatic rings. The molecule has 7 nitrogen and oxygen atoms in total. The number of phosphoric ester groups is 1. The molecule has 122 valence electrons. The van der Waals surface area contributed by atoms with Gasteiger partial charge in [-0.25, -0.2) is 14.4 Å². The van der Waals surface area contributed by atoms with Gasteiger partial charge >= 0.3 is 13.8 Å². The lowest BCUT2D eigenvalue weighted by Gasteiger charge is -2.17. The average molecular weight is 321 g/mol. The van der Waals surface area contributed by atoms with E-state index in [9.17, 15) is 9.36 Å². The van der Waals surface area contributed by atoms with E-state index in [4.69, 9.17) is 18.3 Å². The van der Waals surface area contributed by atoms with Crippen LogP contribution in [-0.4, -0.2) is 37.2 Å². The van der Waals surface area contributed by atoms with Crippen molar-refractivity contribution in [1.82, 2.24) is 0 Å². The number of carbonyl (C=O) groups excluding carboxylic acids is 1. The second-order valence-corrected chi connectivity index (χ2v) is 6.41. The number of phosphoric acid groups is 1. The molecule has 0 aliphatic carbocycles. The van der Waals surface area contributed by atoms with E-state index in [1.807, 2.05) is 20.8 Å². The lowest BCUT2D eigenvalue weighted by Crippen LogP contribution is -2.14. The molecule has 8 heteroatoms. The minimum Gasteiger partial charge on any atom is -0.460 e. The van der Waals surface area contributed by atoms with Gasteiger partial charge in [0.1, 0.15) is 0 Å². The highest BCUT2D eigenvalue weighted by molar-refractivity contribution is 7.48. The van der Waals surface area contributed by atoms with Crippen LogP contribution in [0.2, 0.25) is 0 Å². The summed E-state index contributed by atoms with van der Waals surface area (Å²) in [6, 6.07) is 0. The van der Waals surface area contributed by atoms with E-state index in [2.05, 4.69) is 10.9 Å². The molecule has 0 saturated heterocycles. The summed E-state index contributed by atoms with van der Waals surface area (Å²) in [5.41, 5.74) is -0.484. The predicted molar refractivity (Wildman–Crippen MR) is 79.3 cm³/mol. The van der Waals surface area contributed by atoms with E-state index in [1.165, 1.54) is 0 Å². The van der Waals surface area contributed by atoms with Gasteiger partial charge in [-0.1, -0.05) is 0 Å². The van der Waals surface area contributed by atoms with Crippen molar-refractivity contribution in [3.63, 3.8) is 0 Å². The van der Waals surface area contributed by atoms with E-state index in [0.717, 1.165) is 0 Å². The summed E-state index contributed by atoms with van der Waals surface area (Å²) in [4.78, 5) is 15.8. The summed E-state index contributed by atoms with van der Waals surface area (Å²) in [7, 11) is -3.90. The molecule has 0 radical (unpaired) electrons. The highest BCUT2D eigenvalue weighted by atomic mass is 31.2. The molecular weight excluding hydrogens is 297 g/mol. The van der Waals surface area contributed by atoms with Crippen LogP contribution in [0.15, 0.2) is 10.8 Å². The molecule has 0 aliphatic heterocycles. The summed E-state index contributed by atoms with van der Waals surface area (Å²) in [5.74, 6) is 1.17. The molecule has 0 fully saturated rings. The monoisotopic (exact) mass is 321 g/mol. The minimum atomic E-state index is -3.90. The molecule has 0 spiro atoms. The molecule has 0 amide bonds. The number of nitrogens with zero attached hydrogens (tertiary/aromatic N) is 1. The smallest absolute Gasteiger partial charge is 0.460 e. The van der Waals surface area contributed by atoms with Crippen LogP contribution in [0.1, 0.15) is 41.5 Å². The number of esters is 1. The van der Waals surface area contributed by atoms with Crippen molar-refractivity contribution in [2.45, 2.75) is 47.1 Å². The summed E-state index contributed by atoms with van der Waals surface area (Å²) in [6.07, 6.45) is 0. The third-order valence-corrected chi connectivity index (χ3v) is 3.29. The van der Waals surface area contributed by atoms with Gasteiger partial charge in [0.25, 0.3) is 5.76 Å². The normalized spacial score (nSPS) is 11.5. The Morgan fingerprint density at radius 1 is 1.10 bits per heavy atom. The first-order valence-corrected chi connectivity index (χ1v) is 8.24. The second kappa shape index (κ2) is 9.00. The van der Waals surface area contributed by atoms with Gasteiger partial charge in [0.15, 0.2) is 0 Å². The Hall–Kier alpha value is -1.13. The molecule has 0 aromatic heterocycles. The molecule has 0 saturated carbocycles. The van der Waals surface area contributed by atoms with Crippen LogP contribution in [0.25, 0.3) is 0 Å². The van der Waals surface area contributed by atoms with Crippen LogP contribution in [0.4, 0.5) is 0 Å². The largest absolute Gasteiger partial charge is 0.530 e. The van der Waals surface area contributed by atoms with Gasteiger partial charge in [-0.05, 0) is 41.5 Å². The molecule has 0 N–H and O–H groups in total. The quantitative estimate of drug-likeness (QED) is 0.224. The Morgan fingerprint density at radius 3 is 2.00 bits per heavy atom. The van der Waals surface area contributed by atoms with Crippen molar-refractivity contribution >= 4 is 19.7 Å². The van der Waals surface area contributed by atoms with Crippen molar-refractivity contribution in [3.8, 4) is 0 Å². The maximum atomic E-state index is 12.3. The molecule has 0 rings (SSSR count). The molecule has 0 unspecified atom stereocenters. The molecular formula is C13H24NO6P. The van der Waals surface area contributed by atoms with Gasteiger partial charge in [-0.3, -0.25) is 9.05 Å². The predicted octanol–water partition coefficient (Wildman–Crippen LogP) is 3.10. The van der Waals surface area contributed by atoms with E-state index < -0.39 is 25.1 Å². The van der Waals surface area contributed by atoms with Gasteiger partial charge in [0, 0.05) is 5.87 Å². The third-order valence-electron chi connectivity index (χ3n) is 1.73. The molecule has 0 bridgehead atoms. The fourth-order valence-corrected chi connectivity index (χ4v) is 2.19. The fourth-order valence-electron chi connectivity index (χ4n) is 1.04. The van der Waals surface area contributed by atoms with Crippen LogP contribution in [0.3, 0.4) is 0 Å². The Labute approximate surface area is 125 Å². The van der Waals surface area contributed by atoms with E-state index in [0.29, 0.717) is 0 Å². The number of carbonyl (C=O) groups is 1. The maximum Gasteiger partial charge on any atom is 0.530 e. The summed E-state index contributed by atoms with van der Waals surface area (Å²) < 4.78 is 32.1. The Morgan fingerprint density at radius 2 is 1.62 bits per heavy atom. The number of hydrogen-bond acceptors (Lipinski definition) is 7. The van der Waals surface area contributed by atoms with Gasteiger partial charge in [0.05, 0.1) is 25.4 Å². The van der Waals surface area contributed by atoms with E-state index >= 15 is 0 Å². The van der Waals surface area contributed by atoms with Gasteiger partial charge < -0.3 is 9.26 Å². The lowest BCUT2D eigenvalue weighted by molar-refractivity contribution is -0.141. The zero-order chi connectivity index (χ0) is 16.5. The summed E-state index contributed by atoms with van der Waals surface area (Å²) in [6.45, 7) is 10.7. The third kappa shape index (κ3) is 8.68. The first-order chi connectivity index (χ1) is 9.67. The van der Waals surface area contributed by atoms with Gasteiger partial charge in [0.2, 0.25) is 0 Å². The lowest BCUT2D eigenvalue weighted by atomic mass is 10.1.